The predicted octanol–water partition coefficient (Wildman–Crippen LogP) is 4.66. The highest BCUT2D eigenvalue weighted by Gasteiger charge is 2.30. The van der Waals surface area contributed by atoms with Crippen LogP contribution in [0.4, 0.5) is 5.82 Å². The van der Waals surface area contributed by atoms with Gasteiger partial charge in [-0.25, -0.2) is 9.97 Å². The number of nitrogens with zero attached hydrogens (tertiary/aromatic N) is 5. The molecule has 2 saturated heterocycles. The first kappa shape index (κ1) is 25.5. The van der Waals surface area contributed by atoms with Crippen molar-refractivity contribution in [1.29, 1.82) is 0 Å². The summed E-state index contributed by atoms with van der Waals surface area (Å²) in [5.41, 5.74) is 3.75. The van der Waals surface area contributed by atoms with Gasteiger partial charge in [0.2, 0.25) is 0 Å². The van der Waals surface area contributed by atoms with Crippen molar-refractivity contribution in [3.8, 4) is 5.75 Å². The minimum absolute atomic E-state index is 0.522. The van der Waals surface area contributed by atoms with Gasteiger partial charge < -0.3 is 19.3 Å². The standard InChI is InChI=1S/C31H41N5O2/c1-34(15-16-35-17-19-38-20-18-35)22-23-7-10-28-27(21-23)31(33-30(32-28)25-8-9-25)36-13-11-24(12-14-36)26-5-3-4-6-29(26)37-2/h3-7,10,21,24-25H,8-9,11-20,22H2,1-2H3. The monoisotopic (exact) mass is 515 g/mol. The van der Waals surface area contributed by atoms with Gasteiger partial charge in [-0.15, -0.1) is 0 Å². The number of hydrogen-bond donors (Lipinski definition) is 0. The van der Waals surface area contributed by atoms with Crippen LogP contribution in [0.2, 0.25) is 0 Å². The zero-order valence-corrected chi connectivity index (χ0v) is 22.9. The first-order chi connectivity index (χ1) is 18.7. The van der Waals surface area contributed by atoms with Crippen LogP contribution >= 0.6 is 0 Å². The molecule has 7 nitrogen and oxygen atoms in total. The Morgan fingerprint density at radius 3 is 2.50 bits per heavy atom. The second-order valence-corrected chi connectivity index (χ2v) is 11.2. The molecule has 0 spiro atoms. The second kappa shape index (κ2) is 11.6. The first-order valence-corrected chi connectivity index (χ1v) is 14.3. The van der Waals surface area contributed by atoms with Gasteiger partial charge >= 0.3 is 0 Å². The Hall–Kier alpha value is -2.74. The number of morpholine rings is 1. The number of piperidine rings is 1. The third-order valence-electron chi connectivity index (χ3n) is 8.43. The fourth-order valence-corrected chi connectivity index (χ4v) is 5.97. The summed E-state index contributed by atoms with van der Waals surface area (Å²) in [6.07, 6.45) is 4.64. The molecular weight excluding hydrogens is 474 g/mol. The SMILES string of the molecule is COc1ccccc1C1CCN(c2nc(C3CC3)nc3ccc(CN(C)CCN4CCOCC4)cc23)CC1. The third-order valence-corrected chi connectivity index (χ3v) is 8.43. The summed E-state index contributed by atoms with van der Waals surface area (Å²) in [6.45, 7) is 8.88. The van der Waals surface area contributed by atoms with Crippen molar-refractivity contribution in [1.82, 2.24) is 19.8 Å². The maximum Gasteiger partial charge on any atom is 0.140 e. The Morgan fingerprint density at radius 1 is 0.947 bits per heavy atom. The molecule has 3 aromatic rings. The number of hydrogen-bond acceptors (Lipinski definition) is 7. The van der Waals surface area contributed by atoms with Crippen molar-refractivity contribution >= 4 is 16.7 Å². The normalized spacial score (nSPS) is 19.4. The summed E-state index contributed by atoms with van der Waals surface area (Å²) in [6, 6.07) is 15.3. The van der Waals surface area contributed by atoms with Gasteiger partial charge in [0.1, 0.15) is 17.4 Å². The summed E-state index contributed by atoms with van der Waals surface area (Å²) in [7, 11) is 4.00. The number of benzene rings is 2. The van der Waals surface area contributed by atoms with Crippen LogP contribution in [0.1, 0.15) is 54.5 Å². The summed E-state index contributed by atoms with van der Waals surface area (Å²) in [4.78, 5) is 17.6. The van der Waals surface area contributed by atoms with E-state index in [0.717, 1.165) is 94.8 Å². The van der Waals surface area contributed by atoms with Crippen molar-refractivity contribution in [2.45, 2.75) is 44.1 Å². The Kier molecular flexibility index (Phi) is 7.77. The van der Waals surface area contributed by atoms with Gasteiger partial charge in [-0.3, -0.25) is 4.90 Å². The first-order valence-electron chi connectivity index (χ1n) is 14.3. The van der Waals surface area contributed by atoms with Gasteiger partial charge in [0.25, 0.3) is 0 Å². The fraction of sp³-hybridized carbons (Fsp3) is 0.548. The lowest BCUT2D eigenvalue weighted by Crippen LogP contribution is -2.40. The van der Waals surface area contributed by atoms with E-state index in [4.69, 9.17) is 19.4 Å². The molecule has 2 aromatic carbocycles. The Labute approximate surface area is 226 Å². The average Bonchev–Trinajstić information content (AvgIpc) is 3.82. The van der Waals surface area contributed by atoms with E-state index >= 15 is 0 Å². The van der Waals surface area contributed by atoms with Crippen molar-refractivity contribution < 1.29 is 9.47 Å². The van der Waals surface area contributed by atoms with E-state index in [1.807, 2.05) is 0 Å². The second-order valence-electron chi connectivity index (χ2n) is 11.2. The van der Waals surface area contributed by atoms with Gasteiger partial charge in [0.15, 0.2) is 0 Å². The maximum atomic E-state index is 5.67. The van der Waals surface area contributed by atoms with Crippen LogP contribution in [0.25, 0.3) is 10.9 Å². The van der Waals surface area contributed by atoms with Crippen LogP contribution in [-0.2, 0) is 11.3 Å². The van der Waals surface area contributed by atoms with Crippen LogP contribution in [0.15, 0.2) is 42.5 Å². The van der Waals surface area contributed by atoms with Gasteiger partial charge in [-0.2, -0.15) is 0 Å². The van der Waals surface area contributed by atoms with Crippen LogP contribution in [-0.4, -0.2) is 86.4 Å². The number of rotatable bonds is 9. The third kappa shape index (κ3) is 5.80. The van der Waals surface area contributed by atoms with Gasteiger partial charge in [-0.1, -0.05) is 24.3 Å². The Morgan fingerprint density at radius 2 is 1.74 bits per heavy atom. The number of likely N-dealkylation sites (N-methyl/N-ethyl adjacent to an activating group) is 1. The quantitative estimate of drug-likeness (QED) is 0.411. The van der Waals surface area contributed by atoms with E-state index in [1.165, 1.54) is 29.4 Å². The average molecular weight is 516 g/mol. The minimum atomic E-state index is 0.522. The van der Waals surface area contributed by atoms with Crippen LogP contribution in [0.5, 0.6) is 5.75 Å². The molecule has 202 valence electrons. The molecule has 1 saturated carbocycles. The topological polar surface area (TPSA) is 54.0 Å². The number of ether oxygens (including phenoxy) is 2. The molecule has 0 atom stereocenters. The summed E-state index contributed by atoms with van der Waals surface area (Å²) in [5, 5.41) is 1.20. The zero-order chi connectivity index (χ0) is 25.9. The Balaban J connectivity index is 1.19. The van der Waals surface area contributed by atoms with Crippen LogP contribution < -0.4 is 9.64 Å². The smallest absolute Gasteiger partial charge is 0.140 e. The summed E-state index contributed by atoms with van der Waals surface area (Å²) in [5.74, 6) is 4.24. The molecule has 1 aliphatic carbocycles. The molecule has 3 fully saturated rings. The Bertz CT molecular complexity index is 1230. The highest BCUT2D eigenvalue weighted by Crippen LogP contribution is 2.41. The van der Waals surface area contributed by atoms with E-state index in [1.54, 1.807) is 7.11 Å². The van der Waals surface area contributed by atoms with E-state index < -0.39 is 0 Å². The molecule has 0 radical (unpaired) electrons. The molecule has 2 aliphatic heterocycles. The van der Waals surface area contributed by atoms with E-state index in [0.29, 0.717) is 11.8 Å². The van der Waals surface area contributed by atoms with Crippen molar-refractivity contribution in [3.63, 3.8) is 0 Å². The molecule has 0 unspecified atom stereocenters. The number of anilines is 1. The lowest BCUT2D eigenvalue weighted by atomic mass is 9.88. The van der Waals surface area contributed by atoms with Gasteiger partial charge in [-0.05, 0) is 68.0 Å². The number of aromatic nitrogens is 2. The molecule has 7 heteroatoms. The number of para-hydroxylation sites is 1. The highest BCUT2D eigenvalue weighted by molar-refractivity contribution is 5.90. The van der Waals surface area contributed by atoms with Crippen molar-refractivity contribution in [3.05, 3.63) is 59.4 Å². The lowest BCUT2D eigenvalue weighted by molar-refractivity contribution is 0.0342. The number of fused-ring (bicyclic) bond motifs is 1. The molecule has 6 rings (SSSR count). The van der Waals surface area contributed by atoms with E-state index in [-0.39, 0.29) is 0 Å². The van der Waals surface area contributed by atoms with Crippen molar-refractivity contribution in [2.75, 3.05) is 71.5 Å². The molecule has 1 aromatic heterocycles. The molecule has 0 bridgehead atoms. The molecular formula is C31H41N5O2. The van der Waals surface area contributed by atoms with E-state index in [9.17, 15) is 0 Å². The zero-order valence-electron chi connectivity index (χ0n) is 22.9. The lowest BCUT2D eigenvalue weighted by Gasteiger charge is -2.34. The maximum absolute atomic E-state index is 5.67. The molecule has 38 heavy (non-hydrogen) atoms. The summed E-state index contributed by atoms with van der Waals surface area (Å²) < 4.78 is 11.2. The molecule has 0 N–H and O–H groups in total. The van der Waals surface area contributed by atoms with Crippen molar-refractivity contribution in [2.24, 2.45) is 0 Å². The van der Waals surface area contributed by atoms with Crippen LogP contribution in [0.3, 0.4) is 0 Å². The van der Waals surface area contributed by atoms with E-state index in [2.05, 4.69) is 64.2 Å². The largest absolute Gasteiger partial charge is 0.496 e. The highest BCUT2D eigenvalue weighted by atomic mass is 16.5. The van der Waals surface area contributed by atoms with Gasteiger partial charge in [0.05, 0.1) is 25.8 Å². The van der Waals surface area contributed by atoms with Gasteiger partial charge in [0, 0.05) is 57.1 Å². The predicted molar refractivity (Wildman–Crippen MR) is 152 cm³/mol. The molecule has 0 amide bonds. The number of methoxy groups -OCH3 is 1. The molecule has 3 heterocycles. The molecule has 3 aliphatic rings. The minimum Gasteiger partial charge on any atom is -0.496 e. The fourth-order valence-electron chi connectivity index (χ4n) is 5.97. The van der Waals surface area contributed by atoms with Crippen LogP contribution in [0, 0.1) is 0 Å². The summed E-state index contributed by atoms with van der Waals surface area (Å²) >= 11 is 0.